The van der Waals surface area contributed by atoms with Crippen LogP contribution in [0, 0.1) is 6.92 Å². The van der Waals surface area contributed by atoms with E-state index in [4.69, 9.17) is 9.47 Å². The molecule has 1 N–H and O–H groups in total. The molecule has 0 bridgehead atoms. The molecule has 25 heavy (non-hydrogen) atoms. The van der Waals surface area contributed by atoms with E-state index in [2.05, 4.69) is 15.3 Å². The Morgan fingerprint density at radius 1 is 1.28 bits per heavy atom. The van der Waals surface area contributed by atoms with Crippen LogP contribution in [0.3, 0.4) is 0 Å². The molecule has 1 heterocycles. The molecular weight excluding hydrogens is 318 g/mol. The molecule has 1 amide bonds. The molecule has 6 heteroatoms. The number of ether oxygens (including phenoxy) is 2. The van der Waals surface area contributed by atoms with E-state index in [9.17, 15) is 4.79 Å². The predicted molar refractivity (Wildman–Crippen MR) is 96.2 cm³/mol. The second-order valence-electron chi connectivity index (χ2n) is 5.98. The largest absolute Gasteiger partial charge is 0.493 e. The number of aromatic nitrogens is 2. The number of carbonyl (C=O) groups excluding carboxylic acids is 1. The quantitative estimate of drug-likeness (QED) is 0.835. The molecule has 0 fully saturated rings. The van der Waals surface area contributed by atoms with Crippen molar-refractivity contribution in [2.75, 3.05) is 13.7 Å². The summed E-state index contributed by atoms with van der Waals surface area (Å²) in [5.41, 5.74) is 2.09. The molecule has 0 saturated carbocycles. The minimum Gasteiger partial charge on any atom is -0.493 e. The lowest BCUT2D eigenvalue weighted by molar-refractivity contribution is 0.0949. The Morgan fingerprint density at radius 3 is 2.64 bits per heavy atom. The van der Waals surface area contributed by atoms with E-state index < -0.39 is 0 Å². The molecule has 0 spiro atoms. The summed E-state index contributed by atoms with van der Waals surface area (Å²) in [6.07, 6.45) is 1.59. The van der Waals surface area contributed by atoms with Crippen molar-refractivity contribution in [3.8, 4) is 11.5 Å². The zero-order chi connectivity index (χ0) is 18.4. The average Bonchev–Trinajstić information content (AvgIpc) is 2.60. The SMILES string of the molecule is CCOc1ccc(CNC(=O)c2cnc(C(C)C)nc2C)cc1OC. The minimum absolute atomic E-state index is 0.194. The Labute approximate surface area is 148 Å². The summed E-state index contributed by atoms with van der Waals surface area (Å²) in [4.78, 5) is 21.1. The molecule has 2 rings (SSSR count). The van der Waals surface area contributed by atoms with Gasteiger partial charge >= 0.3 is 0 Å². The summed E-state index contributed by atoms with van der Waals surface area (Å²) in [5.74, 6) is 2.11. The molecule has 1 aromatic heterocycles. The first kappa shape index (κ1) is 18.7. The van der Waals surface area contributed by atoms with E-state index in [0.29, 0.717) is 35.9 Å². The molecule has 6 nitrogen and oxygen atoms in total. The second-order valence-corrected chi connectivity index (χ2v) is 5.98. The van der Waals surface area contributed by atoms with Crippen molar-refractivity contribution in [3.05, 3.63) is 47.0 Å². The van der Waals surface area contributed by atoms with Gasteiger partial charge in [0.25, 0.3) is 5.91 Å². The Hall–Kier alpha value is -2.63. The van der Waals surface area contributed by atoms with Crippen molar-refractivity contribution in [3.63, 3.8) is 0 Å². The Bertz CT molecular complexity index is 745. The van der Waals surface area contributed by atoms with Crippen LogP contribution in [0.1, 0.15) is 54.1 Å². The molecule has 0 aliphatic rings. The smallest absolute Gasteiger partial charge is 0.254 e. The Balaban J connectivity index is 2.07. The summed E-state index contributed by atoms with van der Waals surface area (Å²) < 4.78 is 10.8. The van der Waals surface area contributed by atoms with Crippen LogP contribution in [0.15, 0.2) is 24.4 Å². The maximum Gasteiger partial charge on any atom is 0.254 e. The van der Waals surface area contributed by atoms with Crippen LogP contribution in [-0.2, 0) is 6.54 Å². The Morgan fingerprint density at radius 2 is 2.04 bits per heavy atom. The summed E-state index contributed by atoms with van der Waals surface area (Å²) in [5, 5.41) is 2.89. The third-order valence-corrected chi connectivity index (χ3v) is 3.74. The van der Waals surface area contributed by atoms with Gasteiger partial charge in [-0.15, -0.1) is 0 Å². The third-order valence-electron chi connectivity index (χ3n) is 3.74. The van der Waals surface area contributed by atoms with E-state index in [1.54, 1.807) is 13.3 Å². The highest BCUT2D eigenvalue weighted by Gasteiger charge is 2.13. The number of carbonyl (C=O) groups is 1. The second kappa shape index (κ2) is 8.46. The van der Waals surface area contributed by atoms with Crippen LogP contribution in [0.25, 0.3) is 0 Å². The van der Waals surface area contributed by atoms with Gasteiger partial charge in [-0.05, 0) is 31.5 Å². The maximum absolute atomic E-state index is 12.4. The fraction of sp³-hybridized carbons (Fsp3) is 0.421. The van der Waals surface area contributed by atoms with Crippen LogP contribution in [-0.4, -0.2) is 29.6 Å². The van der Waals surface area contributed by atoms with E-state index in [1.807, 2.05) is 45.9 Å². The number of hydrogen-bond acceptors (Lipinski definition) is 5. The lowest BCUT2D eigenvalue weighted by atomic mass is 10.1. The first-order valence-electron chi connectivity index (χ1n) is 8.37. The molecule has 2 aromatic rings. The van der Waals surface area contributed by atoms with Crippen molar-refractivity contribution in [1.82, 2.24) is 15.3 Å². The molecule has 0 unspecified atom stereocenters. The van der Waals surface area contributed by atoms with E-state index in [-0.39, 0.29) is 11.8 Å². The molecule has 0 aliphatic carbocycles. The van der Waals surface area contributed by atoms with Gasteiger partial charge in [0.05, 0.1) is 25.0 Å². The van der Waals surface area contributed by atoms with Crippen molar-refractivity contribution in [1.29, 1.82) is 0 Å². The van der Waals surface area contributed by atoms with Gasteiger partial charge in [0.15, 0.2) is 11.5 Å². The first-order chi connectivity index (χ1) is 12.0. The van der Waals surface area contributed by atoms with Gasteiger partial charge in [0, 0.05) is 18.7 Å². The topological polar surface area (TPSA) is 73.3 Å². The maximum atomic E-state index is 12.4. The van der Waals surface area contributed by atoms with Gasteiger partial charge < -0.3 is 14.8 Å². The fourth-order valence-electron chi connectivity index (χ4n) is 2.36. The number of aryl methyl sites for hydroxylation is 1. The molecule has 0 saturated heterocycles. The molecular formula is C19H25N3O3. The van der Waals surface area contributed by atoms with Crippen LogP contribution in [0.5, 0.6) is 11.5 Å². The van der Waals surface area contributed by atoms with E-state index in [1.165, 1.54) is 0 Å². The number of amides is 1. The number of methoxy groups -OCH3 is 1. The van der Waals surface area contributed by atoms with Crippen molar-refractivity contribution < 1.29 is 14.3 Å². The fourth-order valence-corrected chi connectivity index (χ4v) is 2.36. The number of benzene rings is 1. The number of rotatable bonds is 7. The molecule has 0 atom stereocenters. The van der Waals surface area contributed by atoms with Gasteiger partial charge in [-0.2, -0.15) is 0 Å². The summed E-state index contributed by atoms with van der Waals surface area (Å²) >= 11 is 0. The van der Waals surface area contributed by atoms with E-state index >= 15 is 0 Å². The highest BCUT2D eigenvalue weighted by atomic mass is 16.5. The first-order valence-corrected chi connectivity index (χ1v) is 8.37. The van der Waals surface area contributed by atoms with Crippen LogP contribution in [0.2, 0.25) is 0 Å². The predicted octanol–water partition coefficient (Wildman–Crippen LogP) is 3.25. The molecule has 1 aromatic carbocycles. The lowest BCUT2D eigenvalue weighted by Gasteiger charge is -2.12. The highest BCUT2D eigenvalue weighted by molar-refractivity contribution is 5.94. The molecule has 0 aliphatic heterocycles. The molecule has 0 radical (unpaired) electrons. The lowest BCUT2D eigenvalue weighted by Crippen LogP contribution is -2.24. The van der Waals surface area contributed by atoms with Gasteiger partial charge in [0.1, 0.15) is 5.82 Å². The van der Waals surface area contributed by atoms with Crippen LogP contribution in [0.4, 0.5) is 0 Å². The molecule has 134 valence electrons. The number of nitrogens with zero attached hydrogens (tertiary/aromatic N) is 2. The van der Waals surface area contributed by atoms with Crippen molar-refractivity contribution >= 4 is 5.91 Å². The number of nitrogens with one attached hydrogen (secondary N) is 1. The zero-order valence-corrected chi connectivity index (χ0v) is 15.4. The van der Waals surface area contributed by atoms with E-state index in [0.717, 1.165) is 11.4 Å². The Kier molecular flexibility index (Phi) is 6.33. The van der Waals surface area contributed by atoms with Crippen molar-refractivity contribution in [2.24, 2.45) is 0 Å². The van der Waals surface area contributed by atoms with Crippen LogP contribution >= 0.6 is 0 Å². The van der Waals surface area contributed by atoms with Crippen LogP contribution < -0.4 is 14.8 Å². The third kappa shape index (κ3) is 4.68. The van der Waals surface area contributed by atoms with Gasteiger partial charge in [-0.1, -0.05) is 19.9 Å². The minimum atomic E-state index is -0.194. The van der Waals surface area contributed by atoms with Gasteiger partial charge in [0.2, 0.25) is 0 Å². The van der Waals surface area contributed by atoms with Gasteiger partial charge in [-0.25, -0.2) is 9.97 Å². The standard InChI is InChI=1S/C19H25N3O3/c1-6-25-16-8-7-14(9-17(16)24-5)10-21-19(23)15-11-20-18(12(2)3)22-13(15)4/h7-9,11-12H,6,10H2,1-5H3,(H,21,23). The monoisotopic (exact) mass is 343 g/mol. The zero-order valence-electron chi connectivity index (χ0n) is 15.4. The average molecular weight is 343 g/mol. The summed E-state index contributed by atoms with van der Waals surface area (Å²) in [6.45, 7) is 8.73. The highest BCUT2D eigenvalue weighted by Crippen LogP contribution is 2.28. The summed E-state index contributed by atoms with van der Waals surface area (Å²) in [7, 11) is 1.59. The van der Waals surface area contributed by atoms with Crippen molar-refractivity contribution in [2.45, 2.75) is 40.2 Å². The summed E-state index contributed by atoms with van der Waals surface area (Å²) in [6, 6.07) is 5.60. The number of hydrogen-bond donors (Lipinski definition) is 1. The van der Waals surface area contributed by atoms with Gasteiger partial charge in [-0.3, -0.25) is 4.79 Å². The normalized spacial score (nSPS) is 10.6.